The van der Waals surface area contributed by atoms with E-state index in [0.29, 0.717) is 34.9 Å². The van der Waals surface area contributed by atoms with E-state index in [1.54, 1.807) is 60.7 Å². The van der Waals surface area contributed by atoms with Crippen molar-refractivity contribution >= 4 is 29.5 Å². The normalized spacial score (nSPS) is 10.8. The molecular formula is C32H27ClN2O4. The number of phenolic OH excluding ortho intramolecular Hbond substituents is 1. The first-order chi connectivity index (χ1) is 19.0. The number of carbonyl (C=O) groups is 1. The first-order valence-electron chi connectivity index (χ1n) is 12.6. The zero-order valence-corrected chi connectivity index (χ0v) is 22.2. The van der Waals surface area contributed by atoms with Gasteiger partial charge >= 0.3 is 5.97 Å². The molecule has 0 bridgehead atoms. The Balaban J connectivity index is 1.42. The Morgan fingerprint density at radius 3 is 2.33 bits per heavy atom. The molecule has 4 aromatic carbocycles. The van der Waals surface area contributed by atoms with Gasteiger partial charge in [-0.05, 0) is 66.1 Å². The van der Waals surface area contributed by atoms with E-state index in [4.69, 9.17) is 26.3 Å². The molecular weight excluding hydrogens is 512 g/mol. The minimum atomic E-state index is -0.615. The van der Waals surface area contributed by atoms with Gasteiger partial charge in [-0.3, -0.25) is 4.99 Å². The Morgan fingerprint density at radius 1 is 0.974 bits per heavy atom. The van der Waals surface area contributed by atoms with Crippen LogP contribution in [0.25, 0.3) is 11.1 Å². The van der Waals surface area contributed by atoms with Crippen LogP contribution in [0.5, 0.6) is 17.2 Å². The second-order valence-electron chi connectivity index (χ2n) is 8.78. The van der Waals surface area contributed by atoms with Gasteiger partial charge in [0.2, 0.25) is 0 Å². The number of rotatable bonds is 10. The molecule has 0 heterocycles. The first kappa shape index (κ1) is 27.4. The average molecular weight is 539 g/mol. The highest BCUT2D eigenvalue weighted by Crippen LogP contribution is 2.31. The molecule has 0 radical (unpaired) electrons. The molecule has 4 aromatic rings. The standard InChI is InChI=1S/C32H27ClN2O4/c1-2-3-4-18-38-27-17-14-25(30(36)19-27)21-35-29-7-5-6-28(31(29)33)32(37)39-26-15-12-24(13-16-26)23-10-8-22(20-34)9-11-23/h5-17,19,21,36H,2-4,18H2,1H3. The van der Waals surface area contributed by atoms with E-state index in [1.165, 1.54) is 6.21 Å². The van der Waals surface area contributed by atoms with Gasteiger partial charge in [0.05, 0.1) is 34.5 Å². The number of esters is 1. The van der Waals surface area contributed by atoms with Crippen LogP contribution in [0, 0.1) is 11.3 Å². The molecule has 1 N–H and O–H groups in total. The van der Waals surface area contributed by atoms with E-state index in [9.17, 15) is 9.90 Å². The van der Waals surface area contributed by atoms with Crippen molar-refractivity contribution in [2.24, 2.45) is 4.99 Å². The van der Waals surface area contributed by atoms with Crippen molar-refractivity contribution < 1.29 is 19.4 Å². The van der Waals surface area contributed by atoms with Gasteiger partial charge in [0, 0.05) is 17.8 Å². The number of carbonyl (C=O) groups excluding carboxylic acids is 1. The summed E-state index contributed by atoms with van der Waals surface area (Å²) in [5, 5.41) is 19.5. The Bertz CT molecular complexity index is 1510. The number of hydrogen-bond acceptors (Lipinski definition) is 6. The topological polar surface area (TPSA) is 91.9 Å². The molecule has 0 fully saturated rings. The third kappa shape index (κ3) is 7.25. The van der Waals surface area contributed by atoms with Crippen LogP contribution < -0.4 is 9.47 Å². The van der Waals surface area contributed by atoms with Crippen molar-refractivity contribution in [1.29, 1.82) is 5.26 Å². The number of halogens is 1. The van der Waals surface area contributed by atoms with Crippen LogP contribution in [0.15, 0.2) is 89.9 Å². The van der Waals surface area contributed by atoms with E-state index in [1.807, 2.05) is 24.3 Å². The smallest absolute Gasteiger partial charge is 0.345 e. The minimum Gasteiger partial charge on any atom is -0.507 e. The Hall–Kier alpha value is -4.60. The van der Waals surface area contributed by atoms with Crippen molar-refractivity contribution in [3.63, 3.8) is 0 Å². The predicted molar refractivity (Wildman–Crippen MR) is 153 cm³/mol. The molecule has 0 spiro atoms. The van der Waals surface area contributed by atoms with Crippen LogP contribution in [0.3, 0.4) is 0 Å². The summed E-state index contributed by atoms with van der Waals surface area (Å²) in [5.41, 5.74) is 3.48. The first-order valence-corrected chi connectivity index (χ1v) is 13.0. The number of hydrogen-bond donors (Lipinski definition) is 1. The second kappa shape index (κ2) is 13.3. The zero-order chi connectivity index (χ0) is 27.6. The number of nitrogens with zero attached hydrogens (tertiary/aromatic N) is 2. The van der Waals surface area contributed by atoms with Crippen molar-refractivity contribution in [3.05, 3.63) is 107 Å². The molecule has 0 atom stereocenters. The summed E-state index contributed by atoms with van der Waals surface area (Å²) in [7, 11) is 0. The molecule has 0 unspecified atom stereocenters. The third-order valence-corrected chi connectivity index (χ3v) is 6.37. The highest BCUT2D eigenvalue weighted by atomic mass is 35.5. The number of benzene rings is 4. The molecule has 39 heavy (non-hydrogen) atoms. The maximum atomic E-state index is 12.9. The quantitative estimate of drug-likeness (QED) is 0.0952. The van der Waals surface area contributed by atoms with E-state index >= 15 is 0 Å². The maximum Gasteiger partial charge on any atom is 0.345 e. The Kier molecular flexibility index (Phi) is 9.34. The van der Waals surface area contributed by atoms with Crippen LogP contribution in [0.4, 0.5) is 5.69 Å². The monoisotopic (exact) mass is 538 g/mol. The molecule has 4 rings (SSSR count). The van der Waals surface area contributed by atoms with Gasteiger partial charge in [0.1, 0.15) is 17.2 Å². The largest absolute Gasteiger partial charge is 0.507 e. The van der Waals surface area contributed by atoms with Crippen LogP contribution in [-0.4, -0.2) is 23.9 Å². The lowest BCUT2D eigenvalue weighted by Gasteiger charge is -2.09. The van der Waals surface area contributed by atoms with Crippen molar-refractivity contribution in [2.45, 2.75) is 26.2 Å². The van der Waals surface area contributed by atoms with Crippen LogP contribution in [0.1, 0.15) is 47.7 Å². The molecule has 0 aliphatic heterocycles. The van der Waals surface area contributed by atoms with Crippen LogP contribution in [0.2, 0.25) is 5.02 Å². The predicted octanol–water partition coefficient (Wildman–Crippen LogP) is 8.12. The number of unbranched alkanes of at least 4 members (excludes halogenated alkanes) is 2. The molecule has 0 amide bonds. The van der Waals surface area contributed by atoms with Crippen LogP contribution >= 0.6 is 11.6 Å². The summed E-state index contributed by atoms with van der Waals surface area (Å²) in [4.78, 5) is 17.2. The number of nitriles is 1. The van der Waals surface area contributed by atoms with Gasteiger partial charge in [-0.25, -0.2) is 4.79 Å². The van der Waals surface area contributed by atoms with E-state index in [0.717, 1.165) is 30.4 Å². The molecule has 0 saturated heterocycles. The second-order valence-corrected chi connectivity index (χ2v) is 9.15. The van der Waals surface area contributed by atoms with Gasteiger partial charge < -0.3 is 14.6 Å². The lowest BCUT2D eigenvalue weighted by Crippen LogP contribution is -2.09. The van der Waals surface area contributed by atoms with Gasteiger partial charge in [-0.2, -0.15) is 5.26 Å². The fourth-order valence-corrected chi connectivity index (χ4v) is 4.05. The lowest BCUT2D eigenvalue weighted by molar-refractivity contribution is 0.0735. The molecule has 0 aliphatic carbocycles. The summed E-state index contributed by atoms with van der Waals surface area (Å²) in [5.74, 6) is 0.372. The summed E-state index contributed by atoms with van der Waals surface area (Å²) < 4.78 is 11.2. The fourth-order valence-electron chi connectivity index (χ4n) is 3.80. The van der Waals surface area contributed by atoms with Gasteiger partial charge in [-0.15, -0.1) is 0 Å². The highest BCUT2D eigenvalue weighted by Gasteiger charge is 2.16. The summed E-state index contributed by atoms with van der Waals surface area (Å²) >= 11 is 6.49. The Morgan fingerprint density at radius 2 is 1.67 bits per heavy atom. The summed E-state index contributed by atoms with van der Waals surface area (Å²) in [6, 6.07) is 26.3. The fraction of sp³-hybridized carbons (Fsp3) is 0.156. The molecule has 196 valence electrons. The zero-order valence-electron chi connectivity index (χ0n) is 21.4. The highest BCUT2D eigenvalue weighted by molar-refractivity contribution is 6.36. The molecule has 7 heteroatoms. The van der Waals surface area contributed by atoms with Crippen molar-refractivity contribution in [1.82, 2.24) is 0 Å². The van der Waals surface area contributed by atoms with E-state index in [-0.39, 0.29) is 16.3 Å². The molecule has 0 saturated carbocycles. The number of aromatic hydroxyl groups is 1. The van der Waals surface area contributed by atoms with Gasteiger partial charge in [0.25, 0.3) is 0 Å². The lowest BCUT2D eigenvalue weighted by atomic mass is 10.0. The van der Waals surface area contributed by atoms with Crippen molar-refractivity contribution in [2.75, 3.05) is 6.61 Å². The maximum absolute atomic E-state index is 12.9. The minimum absolute atomic E-state index is 0.0304. The van der Waals surface area contributed by atoms with Gasteiger partial charge in [-0.1, -0.05) is 61.7 Å². The number of phenols is 1. The van der Waals surface area contributed by atoms with Gasteiger partial charge in [0.15, 0.2) is 0 Å². The third-order valence-electron chi connectivity index (χ3n) is 5.97. The van der Waals surface area contributed by atoms with E-state index in [2.05, 4.69) is 18.0 Å². The Labute approximate surface area is 232 Å². The van der Waals surface area contributed by atoms with Crippen LogP contribution in [-0.2, 0) is 0 Å². The summed E-state index contributed by atoms with van der Waals surface area (Å²) in [6.45, 7) is 2.73. The molecule has 0 aliphatic rings. The summed E-state index contributed by atoms with van der Waals surface area (Å²) in [6.07, 6.45) is 4.64. The molecule has 0 aromatic heterocycles. The molecule has 6 nitrogen and oxygen atoms in total. The van der Waals surface area contributed by atoms with E-state index < -0.39 is 5.97 Å². The number of ether oxygens (including phenoxy) is 2. The van der Waals surface area contributed by atoms with Crippen molar-refractivity contribution in [3.8, 4) is 34.4 Å². The number of aliphatic imine (C=N–C) groups is 1. The average Bonchev–Trinajstić information content (AvgIpc) is 2.96. The SMILES string of the molecule is CCCCCOc1ccc(C=Nc2cccc(C(=O)Oc3ccc(-c4ccc(C#N)cc4)cc3)c2Cl)c(O)c1.